The molecule has 0 radical (unpaired) electrons. The molecule has 0 aromatic heterocycles. The number of rotatable bonds is 6. The van der Waals surface area contributed by atoms with E-state index in [1.807, 2.05) is 30.3 Å². The van der Waals surface area contributed by atoms with Crippen LogP contribution in [0.3, 0.4) is 0 Å². The third kappa shape index (κ3) is 4.21. The monoisotopic (exact) mass is 276 g/mol. The summed E-state index contributed by atoms with van der Waals surface area (Å²) in [4.78, 5) is 9.83. The SMILES string of the molecule is CCC(C)(COOC(C)c1ccccc1)C(F)(F)F. The van der Waals surface area contributed by atoms with Crippen molar-refractivity contribution < 1.29 is 22.9 Å². The summed E-state index contributed by atoms with van der Waals surface area (Å²) in [7, 11) is 0. The first-order valence-electron chi connectivity index (χ1n) is 6.20. The Labute approximate surface area is 111 Å². The third-order valence-electron chi connectivity index (χ3n) is 3.32. The summed E-state index contributed by atoms with van der Waals surface area (Å²) >= 11 is 0. The molecule has 0 heterocycles. The van der Waals surface area contributed by atoms with Gasteiger partial charge in [-0.25, -0.2) is 9.78 Å². The normalized spacial score (nSPS) is 16.9. The molecule has 0 N–H and O–H groups in total. The van der Waals surface area contributed by atoms with Crippen LogP contribution in [-0.4, -0.2) is 12.8 Å². The Morgan fingerprint density at radius 2 is 1.74 bits per heavy atom. The average molecular weight is 276 g/mol. The molecule has 0 amide bonds. The van der Waals surface area contributed by atoms with Crippen LogP contribution in [0.4, 0.5) is 13.2 Å². The molecule has 2 atom stereocenters. The smallest absolute Gasteiger partial charge is 0.235 e. The van der Waals surface area contributed by atoms with Gasteiger partial charge in [-0.2, -0.15) is 13.2 Å². The first kappa shape index (κ1) is 16.0. The van der Waals surface area contributed by atoms with E-state index in [9.17, 15) is 13.2 Å². The van der Waals surface area contributed by atoms with Gasteiger partial charge in [0.15, 0.2) is 0 Å². The zero-order chi connectivity index (χ0) is 14.5. The molecule has 5 heteroatoms. The molecule has 0 aliphatic carbocycles. The minimum absolute atomic E-state index is 0.0560. The zero-order valence-electron chi connectivity index (χ0n) is 11.3. The second-order valence-corrected chi connectivity index (χ2v) is 4.82. The maximum absolute atomic E-state index is 12.8. The molecule has 0 fully saturated rings. The minimum Gasteiger partial charge on any atom is -0.235 e. The van der Waals surface area contributed by atoms with Crippen molar-refractivity contribution in [1.82, 2.24) is 0 Å². The molecule has 1 rings (SSSR count). The van der Waals surface area contributed by atoms with E-state index >= 15 is 0 Å². The molecule has 2 unspecified atom stereocenters. The van der Waals surface area contributed by atoms with E-state index in [1.54, 1.807) is 6.92 Å². The Morgan fingerprint density at radius 3 is 2.21 bits per heavy atom. The van der Waals surface area contributed by atoms with Gasteiger partial charge in [-0.1, -0.05) is 37.3 Å². The van der Waals surface area contributed by atoms with Crippen LogP contribution in [0.1, 0.15) is 38.9 Å². The molecule has 1 aromatic carbocycles. The maximum Gasteiger partial charge on any atom is 0.396 e. The first-order valence-corrected chi connectivity index (χ1v) is 6.20. The maximum atomic E-state index is 12.8. The van der Waals surface area contributed by atoms with Gasteiger partial charge in [0.1, 0.15) is 6.10 Å². The summed E-state index contributed by atoms with van der Waals surface area (Å²) in [5.74, 6) is 0. The fourth-order valence-corrected chi connectivity index (χ4v) is 1.43. The number of hydrogen-bond donors (Lipinski definition) is 0. The topological polar surface area (TPSA) is 18.5 Å². The Balaban J connectivity index is 2.50. The van der Waals surface area contributed by atoms with Crippen LogP contribution in [0.2, 0.25) is 0 Å². The van der Waals surface area contributed by atoms with Crippen molar-refractivity contribution in [3.63, 3.8) is 0 Å². The molecular weight excluding hydrogens is 257 g/mol. The van der Waals surface area contributed by atoms with Gasteiger partial charge in [0.2, 0.25) is 0 Å². The van der Waals surface area contributed by atoms with E-state index in [1.165, 1.54) is 6.92 Å². The molecule has 0 saturated carbocycles. The lowest BCUT2D eigenvalue weighted by molar-refractivity contribution is -0.359. The van der Waals surface area contributed by atoms with Crippen molar-refractivity contribution in [2.24, 2.45) is 5.41 Å². The molecule has 0 spiro atoms. The Bertz CT molecular complexity index is 378. The Kier molecular flexibility index (Phi) is 5.38. The van der Waals surface area contributed by atoms with Gasteiger partial charge >= 0.3 is 6.18 Å². The highest BCUT2D eigenvalue weighted by Gasteiger charge is 2.50. The van der Waals surface area contributed by atoms with Crippen LogP contribution < -0.4 is 0 Å². The van der Waals surface area contributed by atoms with E-state index in [-0.39, 0.29) is 6.42 Å². The highest BCUT2D eigenvalue weighted by Crippen LogP contribution is 2.41. The van der Waals surface area contributed by atoms with Crippen LogP contribution in [0.15, 0.2) is 30.3 Å². The van der Waals surface area contributed by atoms with Crippen LogP contribution in [0, 0.1) is 5.41 Å². The number of hydrogen-bond acceptors (Lipinski definition) is 2. The Hall–Kier alpha value is -1.07. The lowest BCUT2D eigenvalue weighted by Crippen LogP contribution is -2.38. The first-order chi connectivity index (χ1) is 8.80. The van der Waals surface area contributed by atoms with Gasteiger partial charge in [0.05, 0.1) is 12.0 Å². The predicted octanol–water partition coefficient (Wildman–Crippen LogP) is 4.67. The lowest BCUT2D eigenvalue weighted by Gasteiger charge is -2.30. The van der Waals surface area contributed by atoms with Crippen molar-refractivity contribution in [2.45, 2.75) is 39.5 Å². The van der Waals surface area contributed by atoms with Gasteiger partial charge in [-0.3, -0.25) is 0 Å². The van der Waals surface area contributed by atoms with Crippen LogP contribution in [-0.2, 0) is 9.78 Å². The van der Waals surface area contributed by atoms with Gasteiger partial charge < -0.3 is 0 Å². The fraction of sp³-hybridized carbons (Fsp3) is 0.571. The minimum atomic E-state index is -4.30. The fourth-order valence-electron chi connectivity index (χ4n) is 1.43. The van der Waals surface area contributed by atoms with E-state index in [4.69, 9.17) is 9.78 Å². The largest absolute Gasteiger partial charge is 0.396 e. The molecule has 1 aromatic rings. The predicted molar refractivity (Wildman–Crippen MR) is 66.3 cm³/mol. The number of alkyl halides is 3. The molecule has 0 bridgehead atoms. The lowest BCUT2D eigenvalue weighted by atomic mass is 9.88. The van der Waals surface area contributed by atoms with Crippen LogP contribution in [0.25, 0.3) is 0 Å². The van der Waals surface area contributed by atoms with Crippen molar-refractivity contribution in [3.05, 3.63) is 35.9 Å². The molecule has 2 nitrogen and oxygen atoms in total. The van der Waals surface area contributed by atoms with Gasteiger partial charge in [0.25, 0.3) is 0 Å². The molecular formula is C14H19F3O2. The van der Waals surface area contributed by atoms with Gasteiger partial charge in [-0.15, -0.1) is 0 Å². The summed E-state index contributed by atoms with van der Waals surface area (Å²) in [5, 5.41) is 0. The molecule has 108 valence electrons. The summed E-state index contributed by atoms with van der Waals surface area (Å²) in [6.07, 6.45) is -4.77. The van der Waals surface area contributed by atoms with E-state index in [0.29, 0.717) is 0 Å². The third-order valence-corrected chi connectivity index (χ3v) is 3.32. The second-order valence-electron chi connectivity index (χ2n) is 4.82. The van der Waals surface area contributed by atoms with Crippen LogP contribution in [0.5, 0.6) is 0 Å². The Morgan fingerprint density at radius 1 is 1.16 bits per heavy atom. The van der Waals surface area contributed by atoms with Crippen molar-refractivity contribution in [1.29, 1.82) is 0 Å². The van der Waals surface area contributed by atoms with E-state index in [0.717, 1.165) is 12.5 Å². The summed E-state index contributed by atoms with van der Waals surface area (Å²) in [6, 6.07) is 9.19. The second kappa shape index (κ2) is 6.39. The molecule has 0 aliphatic heterocycles. The van der Waals surface area contributed by atoms with E-state index in [2.05, 4.69) is 0 Å². The van der Waals surface area contributed by atoms with Crippen molar-refractivity contribution in [3.8, 4) is 0 Å². The average Bonchev–Trinajstić information content (AvgIpc) is 2.38. The summed E-state index contributed by atoms with van der Waals surface area (Å²) < 4.78 is 38.4. The van der Waals surface area contributed by atoms with E-state index < -0.39 is 24.3 Å². The zero-order valence-corrected chi connectivity index (χ0v) is 11.3. The number of halogens is 3. The van der Waals surface area contributed by atoms with Crippen molar-refractivity contribution in [2.75, 3.05) is 6.61 Å². The molecule has 19 heavy (non-hydrogen) atoms. The van der Waals surface area contributed by atoms with Crippen LogP contribution >= 0.6 is 0 Å². The molecule has 0 saturated heterocycles. The highest BCUT2D eigenvalue weighted by atomic mass is 19.4. The van der Waals surface area contributed by atoms with Crippen molar-refractivity contribution >= 4 is 0 Å². The van der Waals surface area contributed by atoms with Gasteiger partial charge in [-0.05, 0) is 25.8 Å². The quantitative estimate of drug-likeness (QED) is 0.555. The summed E-state index contributed by atoms with van der Waals surface area (Å²) in [6.45, 7) is 3.83. The summed E-state index contributed by atoms with van der Waals surface area (Å²) in [5.41, 5.74) is -1.03. The van der Waals surface area contributed by atoms with Gasteiger partial charge in [0, 0.05) is 0 Å². The molecule has 0 aliphatic rings. The standard InChI is InChI=1S/C14H19F3O2/c1-4-13(3,14(15,16)17)10-18-19-11(2)12-8-6-5-7-9-12/h5-9,11H,4,10H2,1-3H3. The highest BCUT2D eigenvalue weighted by molar-refractivity contribution is 5.16. The number of benzene rings is 1.